The number of para-hydroxylation sites is 1. The van der Waals surface area contributed by atoms with Gasteiger partial charge in [0, 0.05) is 37.1 Å². The summed E-state index contributed by atoms with van der Waals surface area (Å²) < 4.78 is 54.6. The fraction of sp³-hybridized carbons (Fsp3) is 0.400. The second-order valence-corrected chi connectivity index (χ2v) is 16.5. The fourth-order valence-corrected chi connectivity index (χ4v) is 8.97. The maximum atomic E-state index is 13.2. The minimum absolute atomic E-state index is 0.00536. The Labute approximate surface area is 264 Å². The number of halogens is 3. The predicted octanol–water partition coefficient (Wildman–Crippen LogP) is 6.25. The zero-order valence-corrected chi connectivity index (χ0v) is 27.4. The van der Waals surface area contributed by atoms with E-state index in [1.807, 2.05) is 30.3 Å². The molecule has 1 saturated heterocycles. The van der Waals surface area contributed by atoms with Gasteiger partial charge in [-0.05, 0) is 85.8 Å². The minimum Gasteiger partial charge on any atom is -0.303 e. The molecule has 3 aromatic carbocycles. The summed E-state index contributed by atoms with van der Waals surface area (Å²) in [6, 6.07) is 19.7. The first-order chi connectivity index (χ1) is 19.8. The quantitative estimate of drug-likeness (QED) is 0.269. The van der Waals surface area contributed by atoms with Crippen LogP contribution in [0, 0.1) is 0 Å². The highest BCUT2D eigenvalue weighted by atomic mass is 35.5. The Balaban J connectivity index is 1.32. The second kappa shape index (κ2) is 12.3. The van der Waals surface area contributed by atoms with Crippen molar-refractivity contribution in [2.45, 2.75) is 35.5 Å². The van der Waals surface area contributed by atoms with Gasteiger partial charge in [0.1, 0.15) is 0 Å². The molecule has 1 atom stereocenters. The van der Waals surface area contributed by atoms with Crippen molar-refractivity contribution in [3.8, 4) is 0 Å². The van der Waals surface area contributed by atoms with Crippen LogP contribution in [0.1, 0.15) is 36.3 Å². The van der Waals surface area contributed by atoms with E-state index in [-0.39, 0.29) is 16.2 Å². The lowest BCUT2D eigenvalue weighted by Crippen LogP contribution is -2.47. The molecule has 2 aliphatic rings. The van der Waals surface area contributed by atoms with Crippen molar-refractivity contribution >= 4 is 60.5 Å². The highest BCUT2D eigenvalue weighted by molar-refractivity contribution is 7.92. The van der Waals surface area contributed by atoms with E-state index in [4.69, 9.17) is 34.8 Å². The summed E-state index contributed by atoms with van der Waals surface area (Å²) in [5.41, 5.74) is 2.66. The van der Waals surface area contributed by atoms with Crippen LogP contribution in [0.3, 0.4) is 0 Å². The molecule has 2 aliphatic heterocycles. The SMILES string of the molecule is CN(CC[C@H](CN1CCC2(CC1)CN(S(C)(=O)=O)c1ccccc12)c1ccc(Cl)c(Cl)c1)S(=O)(=O)c1cccc(Cl)c1. The Hall–Kier alpha value is -1.85. The van der Waals surface area contributed by atoms with Crippen LogP contribution in [0.15, 0.2) is 71.6 Å². The lowest BCUT2D eigenvalue weighted by atomic mass is 9.74. The molecule has 226 valence electrons. The van der Waals surface area contributed by atoms with Gasteiger partial charge in [0.25, 0.3) is 0 Å². The summed E-state index contributed by atoms with van der Waals surface area (Å²) in [5, 5.41) is 1.29. The third kappa shape index (κ3) is 6.48. The summed E-state index contributed by atoms with van der Waals surface area (Å²) in [7, 11) is -5.51. The van der Waals surface area contributed by atoms with Gasteiger partial charge in [0.15, 0.2) is 0 Å². The lowest BCUT2D eigenvalue weighted by Gasteiger charge is -2.41. The molecule has 0 unspecified atom stereocenters. The van der Waals surface area contributed by atoms with E-state index in [1.165, 1.54) is 16.6 Å². The van der Waals surface area contributed by atoms with E-state index in [9.17, 15) is 16.8 Å². The monoisotopic (exact) mass is 669 g/mol. The molecule has 0 aliphatic carbocycles. The van der Waals surface area contributed by atoms with E-state index < -0.39 is 20.0 Å². The van der Waals surface area contributed by atoms with Crippen molar-refractivity contribution in [3.63, 3.8) is 0 Å². The molecule has 0 amide bonds. The van der Waals surface area contributed by atoms with Gasteiger partial charge in [-0.1, -0.05) is 65.1 Å². The molecule has 7 nitrogen and oxygen atoms in total. The number of benzene rings is 3. The number of likely N-dealkylation sites (tertiary alicyclic amines) is 1. The Kier molecular flexibility index (Phi) is 9.22. The van der Waals surface area contributed by atoms with Gasteiger partial charge in [-0.3, -0.25) is 4.31 Å². The van der Waals surface area contributed by atoms with Crippen LogP contribution in [0.5, 0.6) is 0 Å². The molecule has 5 rings (SSSR count). The first-order valence-corrected chi connectivity index (χ1v) is 18.2. The van der Waals surface area contributed by atoms with Gasteiger partial charge >= 0.3 is 0 Å². The number of nitrogens with zero attached hydrogens (tertiary/aromatic N) is 3. The molecule has 0 aromatic heterocycles. The Morgan fingerprint density at radius 2 is 1.62 bits per heavy atom. The minimum atomic E-state index is -3.71. The maximum absolute atomic E-state index is 13.2. The van der Waals surface area contributed by atoms with Gasteiger partial charge in [-0.25, -0.2) is 21.1 Å². The standard InChI is InChI=1S/C30H34Cl3N3O4S2/c1-34(42(39,40)25-7-5-6-24(31)19-25)15-12-23(22-10-11-27(32)28(33)18-22)20-35-16-13-30(14-17-35)21-36(41(2,37)38)29-9-4-3-8-26(29)30/h3-11,18-19,23H,12-17,20-21H2,1-2H3/t23-/m1/s1. The molecule has 0 radical (unpaired) electrons. The van der Waals surface area contributed by atoms with Gasteiger partial charge in [-0.2, -0.15) is 0 Å². The lowest BCUT2D eigenvalue weighted by molar-refractivity contribution is 0.157. The van der Waals surface area contributed by atoms with Crippen LogP contribution in [-0.2, 0) is 25.5 Å². The largest absolute Gasteiger partial charge is 0.303 e. The predicted molar refractivity (Wildman–Crippen MR) is 171 cm³/mol. The molecule has 0 saturated carbocycles. The fourth-order valence-electron chi connectivity index (χ4n) is 6.18. The Bertz CT molecular complexity index is 1680. The number of hydrogen-bond acceptors (Lipinski definition) is 5. The zero-order chi connectivity index (χ0) is 30.3. The van der Waals surface area contributed by atoms with Crippen LogP contribution in [0.4, 0.5) is 5.69 Å². The van der Waals surface area contributed by atoms with Crippen molar-refractivity contribution in [1.82, 2.24) is 9.21 Å². The summed E-state index contributed by atoms with van der Waals surface area (Å²) in [5.74, 6) is -0.00536. The summed E-state index contributed by atoms with van der Waals surface area (Å²) in [6.45, 7) is 3.05. The average molecular weight is 671 g/mol. The van der Waals surface area contributed by atoms with Crippen LogP contribution < -0.4 is 4.31 Å². The molecule has 1 spiro atoms. The van der Waals surface area contributed by atoms with Crippen molar-refractivity contribution < 1.29 is 16.8 Å². The van der Waals surface area contributed by atoms with E-state index in [2.05, 4.69) is 11.0 Å². The van der Waals surface area contributed by atoms with Crippen molar-refractivity contribution in [2.75, 3.05) is 50.3 Å². The van der Waals surface area contributed by atoms with Crippen LogP contribution in [0.2, 0.25) is 15.1 Å². The number of sulfonamides is 2. The average Bonchev–Trinajstić information content (AvgIpc) is 3.28. The number of anilines is 1. The van der Waals surface area contributed by atoms with Crippen LogP contribution in [0.25, 0.3) is 0 Å². The van der Waals surface area contributed by atoms with Crippen LogP contribution in [-0.4, -0.2) is 72.1 Å². The number of piperidine rings is 1. The van der Waals surface area contributed by atoms with Crippen molar-refractivity contribution in [2.24, 2.45) is 0 Å². The summed E-state index contributed by atoms with van der Waals surface area (Å²) in [6.07, 6.45) is 3.49. The normalized spacial score (nSPS) is 18.0. The molecular formula is C30H34Cl3N3O4S2. The zero-order valence-electron chi connectivity index (χ0n) is 23.5. The molecule has 12 heteroatoms. The highest BCUT2D eigenvalue weighted by Crippen LogP contribution is 2.48. The topological polar surface area (TPSA) is 78.0 Å². The van der Waals surface area contributed by atoms with Crippen molar-refractivity contribution in [1.29, 1.82) is 0 Å². The molecule has 0 N–H and O–H groups in total. The number of fused-ring (bicyclic) bond motifs is 2. The molecule has 0 bridgehead atoms. The third-order valence-corrected chi connectivity index (χ3v) is 12.5. The molecule has 1 fully saturated rings. The molecular weight excluding hydrogens is 637 g/mol. The summed E-state index contributed by atoms with van der Waals surface area (Å²) in [4.78, 5) is 2.54. The number of rotatable bonds is 9. The Morgan fingerprint density at radius 3 is 2.29 bits per heavy atom. The highest BCUT2D eigenvalue weighted by Gasteiger charge is 2.47. The summed E-state index contributed by atoms with van der Waals surface area (Å²) >= 11 is 18.7. The number of hydrogen-bond donors (Lipinski definition) is 0. The Morgan fingerprint density at radius 1 is 0.905 bits per heavy atom. The van der Waals surface area contributed by atoms with Crippen LogP contribution >= 0.6 is 34.8 Å². The molecule has 3 aromatic rings. The van der Waals surface area contributed by atoms with Gasteiger partial charge in [0.05, 0.1) is 26.9 Å². The molecule has 42 heavy (non-hydrogen) atoms. The van der Waals surface area contributed by atoms with E-state index in [0.717, 1.165) is 42.7 Å². The first-order valence-electron chi connectivity index (χ1n) is 13.8. The molecule has 2 heterocycles. The van der Waals surface area contributed by atoms with E-state index in [0.29, 0.717) is 41.1 Å². The maximum Gasteiger partial charge on any atom is 0.242 e. The van der Waals surface area contributed by atoms with E-state index >= 15 is 0 Å². The third-order valence-electron chi connectivity index (χ3n) is 8.59. The van der Waals surface area contributed by atoms with Gasteiger partial charge in [-0.15, -0.1) is 0 Å². The van der Waals surface area contributed by atoms with Gasteiger partial charge < -0.3 is 4.90 Å². The smallest absolute Gasteiger partial charge is 0.242 e. The van der Waals surface area contributed by atoms with Crippen molar-refractivity contribution in [3.05, 3.63) is 92.9 Å². The van der Waals surface area contributed by atoms with Gasteiger partial charge in [0.2, 0.25) is 20.0 Å². The first kappa shape index (κ1) is 31.6. The second-order valence-electron chi connectivity index (χ2n) is 11.3. The van der Waals surface area contributed by atoms with E-state index in [1.54, 1.807) is 35.6 Å².